The van der Waals surface area contributed by atoms with Crippen LogP contribution in [0.1, 0.15) is 24.3 Å². The van der Waals surface area contributed by atoms with Gasteiger partial charge < -0.3 is 5.32 Å². The van der Waals surface area contributed by atoms with Gasteiger partial charge in [-0.3, -0.25) is 0 Å². The van der Waals surface area contributed by atoms with Crippen LogP contribution >= 0.6 is 11.8 Å². The summed E-state index contributed by atoms with van der Waals surface area (Å²) >= 11 is 2.05. The quantitative estimate of drug-likeness (QED) is 0.884. The molecule has 0 saturated carbocycles. The maximum absolute atomic E-state index is 13.0. The lowest BCUT2D eigenvalue weighted by Crippen LogP contribution is -2.27. The minimum Gasteiger partial charge on any atom is -0.319 e. The molecule has 0 amide bonds. The van der Waals surface area contributed by atoms with Gasteiger partial charge in [0, 0.05) is 6.54 Å². The van der Waals surface area contributed by atoms with E-state index in [4.69, 9.17) is 0 Å². The third-order valence-electron chi connectivity index (χ3n) is 3.49. The molecule has 1 nitrogen and oxygen atoms in total. The molecule has 1 aromatic carbocycles. The Morgan fingerprint density at radius 3 is 2.76 bits per heavy atom. The zero-order chi connectivity index (χ0) is 12.1. The SMILES string of the molecule is CNCC(c1ccc(F)cc1)C1CCCSC1. The van der Waals surface area contributed by atoms with Crippen molar-refractivity contribution in [3.8, 4) is 0 Å². The lowest BCUT2D eigenvalue weighted by Gasteiger charge is -2.30. The highest BCUT2D eigenvalue weighted by Gasteiger charge is 2.24. The fraction of sp³-hybridized carbons (Fsp3) is 0.571. The number of likely N-dealkylation sites (N-methyl/N-ethyl adjacent to an activating group) is 1. The summed E-state index contributed by atoms with van der Waals surface area (Å²) in [5, 5.41) is 3.28. The number of halogens is 1. The molecule has 0 aliphatic carbocycles. The van der Waals surface area contributed by atoms with Crippen molar-refractivity contribution >= 4 is 11.8 Å². The van der Waals surface area contributed by atoms with E-state index in [1.54, 1.807) is 12.1 Å². The Hall–Kier alpha value is -0.540. The number of rotatable bonds is 4. The number of hydrogen-bond acceptors (Lipinski definition) is 2. The van der Waals surface area contributed by atoms with E-state index in [9.17, 15) is 4.39 Å². The van der Waals surface area contributed by atoms with E-state index >= 15 is 0 Å². The first-order valence-electron chi connectivity index (χ1n) is 6.29. The molecule has 2 unspecified atom stereocenters. The highest BCUT2D eigenvalue weighted by Crippen LogP contribution is 2.34. The smallest absolute Gasteiger partial charge is 0.123 e. The fourth-order valence-electron chi connectivity index (χ4n) is 2.57. The van der Waals surface area contributed by atoms with Gasteiger partial charge in [0.1, 0.15) is 5.82 Å². The zero-order valence-electron chi connectivity index (χ0n) is 10.3. The molecule has 1 fully saturated rings. The number of benzene rings is 1. The molecule has 17 heavy (non-hydrogen) atoms. The van der Waals surface area contributed by atoms with Crippen molar-refractivity contribution in [3.63, 3.8) is 0 Å². The molecule has 1 aromatic rings. The molecule has 0 radical (unpaired) electrons. The van der Waals surface area contributed by atoms with Crippen molar-refractivity contribution in [2.45, 2.75) is 18.8 Å². The molecular weight excluding hydrogens is 233 g/mol. The summed E-state index contributed by atoms with van der Waals surface area (Å²) in [5.74, 6) is 3.64. The molecule has 1 N–H and O–H groups in total. The van der Waals surface area contributed by atoms with Crippen LogP contribution in [0.5, 0.6) is 0 Å². The zero-order valence-corrected chi connectivity index (χ0v) is 11.1. The maximum atomic E-state index is 13.0. The summed E-state index contributed by atoms with van der Waals surface area (Å²) in [4.78, 5) is 0. The average Bonchev–Trinajstić information content (AvgIpc) is 2.38. The van der Waals surface area contributed by atoms with E-state index < -0.39 is 0 Å². The third kappa shape index (κ3) is 3.46. The number of hydrogen-bond donors (Lipinski definition) is 1. The lowest BCUT2D eigenvalue weighted by molar-refractivity contribution is 0.413. The van der Waals surface area contributed by atoms with Crippen molar-refractivity contribution in [1.29, 1.82) is 0 Å². The molecule has 3 heteroatoms. The summed E-state index contributed by atoms with van der Waals surface area (Å²) in [7, 11) is 1.99. The van der Waals surface area contributed by atoms with Crippen molar-refractivity contribution in [2.24, 2.45) is 5.92 Å². The summed E-state index contributed by atoms with van der Waals surface area (Å²) in [6.45, 7) is 0.983. The van der Waals surface area contributed by atoms with E-state index in [0.29, 0.717) is 5.92 Å². The number of nitrogens with one attached hydrogen (secondary N) is 1. The van der Waals surface area contributed by atoms with Crippen molar-refractivity contribution in [1.82, 2.24) is 5.32 Å². The summed E-state index contributed by atoms with van der Waals surface area (Å²) in [6.07, 6.45) is 2.62. The van der Waals surface area contributed by atoms with E-state index in [2.05, 4.69) is 17.1 Å². The Kier molecular flexibility index (Phi) is 4.86. The number of thioether (sulfide) groups is 1. The average molecular weight is 253 g/mol. The van der Waals surface area contributed by atoms with Crippen molar-refractivity contribution in [2.75, 3.05) is 25.1 Å². The highest BCUT2D eigenvalue weighted by atomic mass is 32.2. The van der Waals surface area contributed by atoms with Crippen LogP contribution in [0.3, 0.4) is 0 Å². The Morgan fingerprint density at radius 2 is 2.18 bits per heavy atom. The largest absolute Gasteiger partial charge is 0.319 e. The lowest BCUT2D eigenvalue weighted by atomic mass is 9.84. The van der Waals surface area contributed by atoms with Gasteiger partial charge >= 0.3 is 0 Å². The Morgan fingerprint density at radius 1 is 1.41 bits per heavy atom. The second-order valence-electron chi connectivity index (χ2n) is 4.69. The Balaban J connectivity index is 2.12. The second kappa shape index (κ2) is 6.41. The molecular formula is C14H20FNS. The fourth-order valence-corrected chi connectivity index (χ4v) is 3.81. The molecule has 1 aliphatic heterocycles. The standard InChI is InChI=1S/C14H20FNS/c1-16-9-14(12-3-2-8-17-10-12)11-4-6-13(15)7-5-11/h4-7,12,14,16H,2-3,8-10H2,1H3. The third-order valence-corrected chi connectivity index (χ3v) is 4.73. The molecule has 0 aromatic heterocycles. The highest BCUT2D eigenvalue weighted by molar-refractivity contribution is 7.99. The Labute approximate surface area is 107 Å². The summed E-state index contributed by atoms with van der Waals surface area (Å²) < 4.78 is 13.0. The van der Waals surface area contributed by atoms with Gasteiger partial charge in [0.2, 0.25) is 0 Å². The molecule has 0 spiro atoms. The molecule has 1 saturated heterocycles. The summed E-state index contributed by atoms with van der Waals surface area (Å²) in [5.41, 5.74) is 1.27. The van der Waals surface area contributed by atoms with Crippen molar-refractivity contribution in [3.05, 3.63) is 35.6 Å². The van der Waals surface area contributed by atoms with Gasteiger partial charge in [-0.15, -0.1) is 0 Å². The monoisotopic (exact) mass is 253 g/mol. The van der Waals surface area contributed by atoms with E-state index in [-0.39, 0.29) is 5.82 Å². The minimum absolute atomic E-state index is 0.144. The van der Waals surface area contributed by atoms with Crippen LogP contribution in [-0.4, -0.2) is 25.1 Å². The molecule has 1 aliphatic rings. The van der Waals surface area contributed by atoms with Crippen LogP contribution in [-0.2, 0) is 0 Å². The topological polar surface area (TPSA) is 12.0 Å². The summed E-state index contributed by atoms with van der Waals surface area (Å²) in [6, 6.07) is 7.04. The molecule has 1 heterocycles. The molecule has 2 rings (SSSR count). The van der Waals surface area contributed by atoms with Gasteiger partial charge in [0.25, 0.3) is 0 Å². The van der Waals surface area contributed by atoms with Crippen LogP contribution < -0.4 is 5.32 Å². The molecule has 2 atom stereocenters. The van der Waals surface area contributed by atoms with Gasteiger partial charge in [-0.1, -0.05) is 12.1 Å². The Bertz CT molecular complexity index is 333. The molecule has 94 valence electrons. The van der Waals surface area contributed by atoms with Crippen LogP contribution in [0.15, 0.2) is 24.3 Å². The predicted octanol–water partition coefficient (Wildman–Crippen LogP) is 3.27. The predicted molar refractivity (Wildman–Crippen MR) is 73.1 cm³/mol. The second-order valence-corrected chi connectivity index (χ2v) is 5.84. The van der Waals surface area contributed by atoms with E-state index in [1.807, 2.05) is 19.2 Å². The molecule has 0 bridgehead atoms. The van der Waals surface area contributed by atoms with Gasteiger partial charge in [0.05, 0.1) is 0 Å². The van der Waals surface area contributed by atoms with Gasteiger partial charge in [-0.2, -0.15) is 11.8 Å². The van der Waals surface area contributed by atoms with Gasteiger partial charge in [-0.05, 0) is 60.9 Å². The normalized spacial score (nSPS) is 22.4. The van der Waals surface area contributed by atoms with Crippen LogP contribution in [0.2, 0.25) is 0 Å². The van der Waals surface area contributed by atoms with E-state index in [1.165, 1.54) is 29.9 Å². The van der Waals surface area contributed by atoms with Crippen LogP contribution in [0.4, 0.5) is 4.39 Å². The van der Waals surface area contributed by atoms with Gasteiger partial charge in [0.15, 0.2) is 0 Å². The first-order chi connectivity index (χ1) is 8.31. The first kappa shape index (κ1) is 12.9. The van der Waals surface area contributed by atoms with Crippen LogP contribution in [0, 0.1) is 11.7 Å². The van der Waals surface area contributed by atoms with Crippen LogP contribution in [0.25, 0.3) is 0 Å². The first-order valence-corrected chi connectivity index (χ1v) is 7.44. The maximum Gasteiger partial charge on any atom is 0.123 e. The van der Waals surface area contributed by atoms with Crippen molar-refractivity contribution < 1.29 is 4.39 Å². The minimum atomic E-state index is -0.144. The van der Waals surface area contributed by atoms with E-state index in [0.717, 1.165) is 12.5 Å². The van der Waals surface area contributed by atoms with Gasteiger partial charge in [-0.25, -0.2) is 4.39 Å².